The molecule has 0 aliphatic carbocycles. The fraction of sp³-hybridized carbons (Fsp3) is 0.846. The number of nitrogens with zero attached hydrogens (tertiary/aromatic N) is 3. The molecular formula is C13H25N3O. The van der Waals surface area contributed by atoms with Crippen molar-refractivity contribution in [2.45, 2.75) is 53.0 Å². The lowest BCUT2D eigenvalue weighted by atomic mass is 10.1. The number of hydrogen-bond donors (Lipinski definition) is 0. The highest BCUT2D eigenvalue weighted by atomic mass is 16.5. The number of hydrogen-bond acceptors (Lipinski definition) is 4. The van der Waals surface area contributed by atoms with Crippen LogP contribution in [-0.2, 0) is 13.0 Å². The van der Waals surface area contributed by atoms with E-state index in [9.17, 15) is 0 Å². The molecule has 0 N–H and O–H groups in total. The first-order valence-corrected chi connectivity index (χ1v) is 6.61. The first-order chi connectivity index (χ1) is 8.11. The van der Waals surface area contributed by atoms with Gasteiger partial charge in [0.25, 0.3) is 0 Å². The van der Waals surface area contributed by atoms with Crippen molar-refractivity contribution in [1.82, 2.24) is 15.0 Å². The molecule has 4 heteroatoms. The van der Waals surface area contributed by atoms with Crippen LogP contribution >= 0.6 is 0 Å². The minimum absolute atomic E-state index is 0.739. The molecule has 1 rings (SSSR count). The van der Waals surface area contributed by atoms with Crippen molar-refractivity contribution in [1.29, 1.82) is 0 Å². The van der Waals surface area contributed by atoms with E-state index in [1.807, 2.05) is 0 Å². The van der Waals surface area contributed by atoms with E-state index in [1.54, 1.807) is 0 Å². The van der Waals surface area contributed by atoms with Gasteiger partial charge in [0.2, 0.25) is 5.89 Å². The molecule has 0 spiro atoms. The van der Waals surface area contributed by atoms with Crippen molar-refractivity contribution in [3.63, 3.8) is 0 Å². The van der Waals surface area contributed by atoms with E-state index < -0.39 is 0 Å². The summed E-state index contributed by atoms with van der Waals surface area (Å²) < 4.78 is 5.21. The number of unbranched alkanes of at least 4 members (excludes halogenated alkanes) is 1. The molecule has 0 fully saturated rings. The second kappa shape index (κ2) is 7.43. The molecule has 0 saturated heterocycles. The van der Waals surface area contributed by atoms with Gasteiger partial charge < -0.3 is 4.52 Å². The van der Waals surface area contributed by atoms with Crippen molar-refractivity contribution >= 4 is 0 Å². The van der Waals surface area contributed by atoms with E-state index >= 15 is 0 Å². The van der Waals surface area contributed by atoms with Crippen molar-refractivity contribution < 1.29 is 4.52 Å². The number of rotatable bonds is 8. The Morgan fingerprint density at radius 3 is 2.76 bits per heavy atom. The fourth-order valence-corrected chi connectivity index (χ4v) is 1.58. The molecule has 0 saturated carbocycles. The summed E-state index contributed by atoms with van der Waals surface area (Å²) in [7, 11) is 2.10. The van der Waals surface area contributed by atoms with Gasteiger partial charge in [0, 0.05) is 6.42 Å². The Morgan fingerprint density at radius 2 is 2.12 bits per heavy atom. The van der Waals surface area contributed by atoms with Gasteiger partial charge in [-0.05, 0) is 32.4 Å². The standard InChI is InChI=1S/C13H25N3O/c1-5-6-7-13-14-12(15-17-13)10-16(4)9-8-11(2)3/h11H,5-10H2,1-4H3. The molecule has 1 aromatic heterocycles. The molecule has 0 amide bonds. The van der Waals surface area contributed by atoms with Crippen LogP contribution in [0.4, 0.5) is 0 Å². The Hall–Kier alpha value is -0.900. The van der Waals surface area contributed by atoms with Crippen LogP contribution in [0.3, 0.4) is 0 Å². The summed E-state index contributed by atoms with van der Waals surface area (Å²) in [5.74, 6) is 2.32. The molecule has 4 nitrogen and oxygen atoms in total. The topological polar surface area (TPSA) is 42.2 Å². The molecule has 0 aromatic carbocycles. The average Bonchev–Trinajstić information content (AvgIpc) is 2.71. The predicted molar refractivity (Wildman–Crippen MR) is 68.7 cm³/mol. The van der Waals surface area contributed by atoms with Gasteiger partial charge in [0.05, 0.1) is 6.54 Å². The minimum atomic E-state index is 0.739. The summed E-state index contributed by atoms with van der Waals surface area (Å²) in [6.45, 7) is 8.51. The van der Waals surface area contributed by atoms with E-state index in [1.165, 1.54) is 6.42 Å². The summed E-state index contributed by atoms with van der Waals surface area (Å²) >= 11 is 0. The smallest absolute Gasteiger partial charge is 0.226 e. The zero-order chi connectivity index (χ0) is 12.7. The molecule has 0 unspecified atom stereocenters. The zero-order valence-corrected chi connectivity index (χ0v) is 11.6. The highest BCUT2D eigenvalue weighted by Gasteiger charge is 2.08. The second-order valence-electron chi connectivity index (χ2n) is 5.13. The maximum atomic E-state index is 5.21. The third-order valence-corrected chi connectivity index (χ3v) is 2.75. The molecule has 1 heterocycles. The minimum Gasteiger partial charge on any atom is -0.339 e. The molecular weight excluding hydrogens is 214 g/mol. The Bertz CT molecular complexity index is 309. The summed E-state index contributed by atoms with van der Waals surface area (Å²) in [6, 6.07) is 0. The largest absolute Gasteiger partial charge is 0.339 e. The van der Waals surface area contributed by atoms with E-state index in [4.69, 9.17) is 4.52 Å². The maximum absolute atomic E-state index is 5.21. The highest BCUT2D eigenvalue weighted by molar-refractivity contribution is 4.86. The van der Waals surface area contributed by atoms with Crippen LogP contribution in [0.25, 0.3) is 0 Å². The molecule has 0 aliphatic heterocycles. The van der Waals surface area contributed by atoms with E-state index in [-0.39, 0.29) is 0 Å². The molecule has 0 radical (unpaired) electrons. The predicted octanol–water partition coefficient (Wildman–Crippen LogP) is 2.89. The van der Waals surface area contributed by atoms with Crippen LogP contribution in [0.1, 0.15) is 51.7 Å². The average molecular weight is 239 g/mol. The van der Waals surface area contributed by atoms with Gasteiger partial charge in [-0.2, -0.15) is 4.98 Å². The molecule has 0 aliphatic rings. The Morgan fingerprint density at radius 1 is 1.35 bits per heavy atom. The first kappa shape index (κ1) is 14.2. The summed E-state index contributed by atoms with van der Waals surface area (Å²) in [4.78, 5) is 6.64. The second-order valence-corrected chi connectivity index (χ2v) is 5.13. The lowest BCUT2D eigenvalue weighted by molar-refractivity contribution is 0.288. The van der Waals surface area contributed by atoms with Crippen LogP contribution in [0, 0.1) is 5.92 Å². The van der Waals surface area contributed by atoms with Gasteiger partial charge in [-0.15, -0.1) is 0 Å². The van der Waals surface area contributed by atoms with Gasteiger partial charge in [-0.3, -0.25) is 4.90 Å². The Kier molecular flexibility index (Phi) is 6.19. The van der Waals surface area contributed by atoms with E-state index in [0.717, 1.165) is 50.0 Å². The third kappa shape index (κ3) is 5.82. The van der Waals surface area contributed by atoms with Crippen molar-refractivity contribution in [2.75, 3.05) is 13.6 Å². The lowest BCUT2D eigenvalue weighted by Crippen LogP contribution is -2.21. The van der Waals surface area contributed by atoms with Crippen LogP contribution in [0.5, 0.6) is 0 Å². The van der Waals surface area contributed by atoms with Gasteiger partial charge in [-0.1, -0.05) is 32.3 Å². The monoisotopic (exact) mass is 239 g/mol. The van der Waals surface area contributed by atoms with Crippen molar-refractivity contribution in [3.05, 3.63) is 11.7 Å². The summed E-state index contributed by atoms with van der Waals surface area (Å²) in [6.07, 6.45) is 4.38. The normalized spacial score (nSPS) is 11.6. The Labute approximate surface area is 104 Å². The highest BCUT2D eigenvalue weighted by Crippen LogP contribution is 2.06. The third-order valence-electron chi connectivity index (χ3n) is 2.75. The molecule has 1 aromatic rings. The van der Waals surface area contributed by atoms with Gasteiger partial charge in [0.1, 0.15) is 0 Å². The summed E-state index contributed by atoms with van der Waals surface area (Å²) in [5, 5.41) is 4.01. The van der Waals surface area contributed by atoms with Crippen LogP contribution < -0.4 is 0 Å². The molecule has 98 valence electrons. The lowest BCUT2D eigenvalue weighted by Gasteiger charge is -2.15. The van der Waals surface area contributed by atoms with Crippen LogP contribution in [-0.4, -0.2) is 28.6 Å². The summed E-state index contributed by atoms with van der Waals surface area (Å²) in [5.41, 5.74) is 0. The van der Waals surface area contributed by atoms with Gasteiger partial charge >= 0.3 is 0 Å². The maximum Gasteiger partial charge on any atom is 0.226 e. The number of aryl methyl sites for hydroxylation is 1. The first-order valence-electron chi connectivity index (χ1n) is 6.61. The quantitative estimate of drug-likeness (QED) is 0.699. The molecule has 0 bridgehead atoms. The van der Waals surface area contributed by atoms with Crippen LogP contribution in [0.2, 0.25) is 0 Å². The van der Waals surface area contributed by atoms with Crippen LogP contribution in [0.15, 0.2) is 4.52 Å². The van der Waals surface area contributed by atoms with Gasteiger partial charge in [0.15, 0.2) is 5.82 Å². The van der Waals surface area contributed by atoms with Crippen molar-refractivity contribution in [2.24, 2.45) is 5.92 Å². The van der Waals surface area contributed by atoms with Crippen molar-refractivity contribution in [3.8, 4) is 0 Å². The zero-order valence-electron chi connectivity index (χ0n) is 11.6. The molecule has 17 heavy (non-hydrogen) atoms. The molecule has 0 atom stereocenters. The SMILES string of the molecule is CCCCc1nc(CN(C)CCC(C)C)no1. The van der Waals surface area contributed by atoms with E-state index in [0.29, 0.717) is 0 Å². The fourth-order valence-electron chi connectivity index (χ4n) is 1.58. The van der Waals surface area contributed by atoms with E-state index in [2.05, 4.69) is 42.9 Å². The Balaban J connectivity index is 2.32. The number of aromatic nitrogens is 2. The van der Waals surface area contributed by atoms with Gasteiger partial charge in [-0.25, -0.2) is 0 Å².